The molecule has 0 bridgehead atoms. The molecule has 0 aliphatic carbocycles. The number of anilines is 1. The van der Waals surface area contributed by atoms with Gasteiger partial charge in [-0.2, -0.15) is 0 Å². The molecule has 0 amide bonds. The molecule has 2 rings (SSSR count). The van der Waals surface area contributed by atoms with Crippen LogP contribution in [-0.2, 0) is 6.42 Å². The van der Waals surface area contributed by atoms with Crippen LogP contribution in [0.2, 0.25) is 0 Å². The van der Waals surface area contributed by atoms with Crippen molar-refractivity contribution in [2.24, 2.45) is 0 Å². The minimum Gasteiger partial charge on any atom is -0.382 e. The number of hydrogen-bond acceptors (Lipinski definition) is 1. The molecule has 2 heteroatoms. The third kappa shape index (κ3) is 1.27. The van der Waals surface area contributed by atoms with Crippen LogP contribution in [0.25, 0.3) is 0 Å². The first-order valence-corrected chi connectivity index (χ1v) is 4.60. The summed E-state index contributed by atoms with van der Waals surface area (Å²) in [4.78, 5) is 0. The monoisotopic (exact) mass is 211 g/mol. The van der Waals surface area contributed by atoms with Gasteiger partial charge in [0.15, 0.2) is 0 Å². The first kappa shape index (κ1) is 7.17. The van der Waals surface area contributed by atoms with Crippen molar-refractivity contribution < 1.29 is 0 Å². The topological polar surface area (TPSA) is 12.0 Å². The summed E-state index contributed by atoms with van der Waals surface area (Å²) < 4.78 is 1.17. The van der Waals surface area contributed by atoms with E-state index in [9.17, 15) is 0 Å². The molecule has 1 N–H and O–H groups in total. The summed E-state index contributed by atoms with van der Waals surface area (Å²) in [7, 11) is 0. The summed E-state index contributed by atoms with van der Waals surface area (Å²) in [6, 6.07) is 6.98. The lowest BCUT2D eigenvalue weighted by molar-refractivity contribution is 0.839. The summed E-state index contributed by atoms with van der Waals surface area (Å²) >= 11 is 3.46. The van der Waals surface area contributed by atoms with Crippen LogP contribution < -0.4 is 5.32 Å². The second kappa shape index (κ2) is 2.52. The van der Waals surface area contributed by atoms with Gasteiger partial charge in [-0.25, -0.2) is 0 Å². The number of fused-ring (bicyclic) bond motifs is 1. The van der Waals surface area contributed by atoms with Crippen LogP contribution in [0.15, 0.2) is 22.7 Å². The first-order valence-electron chi connectivity index (χ1n) is 3.80. The highest BCUT2D eigenvalue weighted by Gasteiger charge is 2.15. The highest BCUT2D eigenvalue weighted by molar-refractivity contribution is 9.10. The Morgan fingerprint density at radius 1 is 1.55 bits per heavy atom. The highest BCUT2D eigenvalue weighted by atomic mass is 79.9. The standard InChI is InChI=1S/C9H10BrN/c1-6-4-7-5-8(10)2-3-9(7)11-6/h2-3,5-6,11H,4H2,1H3/t6-/m0/s1. The molecule has 11 heavy (non-hydrogen) atoms. The molecule has 0 aromatic heterocycles. The fraction of sp³-hybridized carbons (Fsp3) is 0.333. The molecule has 1 aliphatic heterocycles. The molecule has 1 atom stereocenters. The maximum absolute atomic E-state index is 3.46. The van der Waals surface area contributed by atoms with Gasteiger partial charge in [-0.15, -0.1) is 0 Å². The quantitative estimate of drug-likeness (QED) is 0.697. The van der Waals surface area contributed by atoms with Gasteiger partial charge in [0.05, 0.1) is 0 Å². The first-order chi connectivity index (χ1) is 5.25. The average Bonchev–Trinajstić information content (AvgIpc) is 2.27. The van der Waals surface area contributed by atoms with Crippen molar-refractivity contribution in [3.63, 3.8) is 0 Å². The Morgan fingerprint density at radius 2 is 2.36 bits per heavy atom. The van der Waals surface area contributed by atoms with Crippen LogP contribution in [0.1, 0.15) is 12.5 Å². The molecule has 0 radical (unpaired) electrons. The van der Waals surface area contributed by atoms with E-state index in [1.807, 2.05) is 0 Å². The predicted octanol–water partition coefficient (Wildman–Crippen LogP) is 2.81. The summed E-state index contributed by atoms with van der Waals surface area (Å²) in [6.45, 7) is 2.20. The van der Waals surface area contributed by atoms with Gasteiger partial charge < -0.3 is 5.32 Å². The Hall–Kier alpha value is -0.500. The third-order valence-electron chi connectivity index (χ3n) is 2.00. The molecule has 1 aromatic carbocycles. The maximum Gasteiger partial charge on any atom is 0.0376 e. The van der Waals surface area contributed by atoms with E-state index in [1.54, 1.807) is 0 Å². The predicted molar refractivity (Wildman–Crippen MR) is 50.9 cm³/mol. The van der Waals surface area contributed by atoms with E-state index in [1.165, 1.54) is 15.7 Å². The SMILES string of the molecule is C[C@H]1Cc2cc(Br)ccc2N1. The van der Waals surface area contributed by atoms with Gasteiger partial charge in [0.25, 0.3) is 0 Å². The fourth-order valence-electron chi connectivity index (χ4n) is 1.52. The summed E-state index contributed by atoms with van der Waals surface area (Å²) in [5.41, 5.74) is 2.72. The van der Waals surface area contributed by atoms with Crippen molar-refractivity contribution in [3.05, 3.63) is 28.2 Å². The highest BCUT2D eigenvalue weighted by Crippen LogP contribution is 2.28. The zero-order valence-corrected chi connectivity index (χ0v) is 7.98. The second-order valence-electron chi connectivity index (χ2n) is 3.05. The van der Waals surface area contributed by atoms with E-state index in [2.05, 4.69) is 46.4 Å². The van der Waals surface area contributed by atoms with Crippen LogP contribution in [0.5, 0.6) is 0 Å². The van der Waals surface area contributed by atoms with Crippen LogP contribution >= 0.6 is 15.9 Å². The molecule has 0 saturated carbocycles. The Balaban J connectivity index is 2.43. The zero-order chi connectivity index (χ0) is 7.84. The van der Waals surface area contributed by atoms with Gasteiger partial charge in [-0.1, -0.05) is 15.9 Å². The number of halogens is 1. The minimum atomic E-state index is 0.597. The molecular weight excluding hydrogens is 202 g/mol. The van der Waals surface area contributed by atoms with Gasteiger partial charge in [0, 0.05) is 16.2 Å². The van der Waals surface area contributed by atoms with E-state index >= 15 is 0 Å². The molecule has 0 spiro atoms. The maximum atomic E-state index is 3.46. The number of rotatable bonds is 0. The molecular formula is C9H10BrN. The third-order valence-corrected chi connectivity index (χ3v) is 2.49. The Bertz CT molecular complexity index is 283. The van der Waals surface area contributed by atoms with Crippen molar-refractivity contribution in [1.82, 2.24) is 0 Å². The van der Waals surface area contributed by atoms with E-state index < -0.39 is 0 Å². The van der Waals surface area contributed by atoms with Gasteiger partial charge in [-0.05, 0) is 37.1 Å². The van der Waals surface area contributed by atoms with E-state index in [-0.39, 0.29) is 0 Å². The number of benzene rings is 1. The van der Waals surface area contributed by atoms with Crippen LogP contribution in [0.3, 0.4) is 0 Å². The number of hydrogen-bond donors (Lipinski definition) is 1. The fourth-order valence-corrected chi connectivity index (χ4v) is 1.93. The smallest absolute Gasteiger partial charge is 0.0376 e. The zero-order valence-electron chi connectivity index (χ0n) is 6.39. The van der Waals surface area contributed by atoms with Crippen LogP contribution in [0, 0.1) is 0 Å². The van der Waals surface area contributed by atoms with Gasteiger partial charge in [-0.3, -0.25) is 0 Å². The summed E-state index contributed by atoms with van der Waals surface area (Å²) in [5, 5.41) is 3.40. The Morgan fingerprint density at radius 3 is 3.18 bits per heavy atom. The van der Waals surface area contributed by atoms with Crippen LogP contribution in [-0.4, -0.2) is 6.04 Å². The van der Waals surface area contributed by atoms with Crippen molar-refractivity contribution in [1.29, 1.82) is 0 Å². The van der Waals surface area contributed by atoms with E-state index in [0.29, 0.717) is 6.04 Å². The molecule has 0 saturated heterocycles. The Kier molecular flexibility index (Phi) is 1.64. The molecule has 1 aromatic rings. The largest absolute Gasteiger partial charge is 0.382 e. The van der Waals surface area contributed by atoms with Gasteiger partial charge >= 0.3 is 0 Å². The number of nitrogens with one attached hydrogen (secondary N) is 1. The van der Waals surface area contributed by atoms with Gasteiger partial charge in [0.1, 0.15) is 0 Å². The van der Waals surface area contributed by atoms with Crippen molar-refractivity contribution in [3.8, 4) is 0 Å². The lowest BCUT2D eigenvalue weighted by Gasteiger charge is -2.00. The summed E-state index contributed by atoms with van der Waals surface area (Å²) in [5.74, 6) is 0. The van der Waals surface area contributed by atoms with Crippen molar-refractivity contribution in [2.45, 2.75) is 19.4 Å². The molecule has 1 aliphatic rings. The normalized spacial score (nSPS) is 21.1. The second-order valence-corrected chi connectivity index (χ2v) is 3.97. The lowest BCUT2D eigenvalue weighted by atomic mass is 10.1. The Labute approximate surface area is 74.9 Å². The van der Waals surface area contributed by atoms with Crippen molar-refractivity contribution >= 4 is 21.6 Å². The van der Waals surface area contributed by atoms with E-state index in [4.69, 9.17) is 0 Å². The van der Waals surface area contributed by atoms with Crippen molar-refractivity contribution in [2.75, 3.05) is 5.32 Å². The van der Waals surface area contributed by atoms with E-state index in [0.717, 1.165) is 6.42 Å². The average molecular weight is 212 g/mol. The summed E-state index contributed by atoms with van der Waals surface area (Å²) in [6.07, 6.45) is 1.15. The molecule has 1 nitrogen and oxygen atoms in total. The molecule has 58 valence electrons. The molecule has 0 fully saturated rings. The van der Waals surface area contributed by atoms with Gasteiger partial charge in [0.2, 0.25) is 0 Å². The minimum absolute atomic E-state index is 0.597. The molecule has 1 heterocycles. The molecule has 0 unspecified atom stereocenters. The van der Waals surface area contributed by atoms with Crippen LogP contribution in [0.4, 0.5) is 5.69 Å². The lowest BCUT2D eigenvalue weighted by Crippen LogP contribution is -2.08.